The third kappa shape index (κ3) is 3.66. The van der Waals surface area contributed by atoms with Crippen LogP contribution in [0, 0.1) is 26.6 Å². The molecule has 4 aromatic rings. The molecule has 0 aliphatic carbocycles. The number of aromatic nitrogens is 3. The highest BCUT2D eigenvalue weighted by atomic mass is 32.1. The van der Waals surface area contributed by atoms with E-state index < -0.39 is 0 Å². The van der Waals surface area contributed by atoms with Gasteiger partial charge in [-0.1, -0.05) is 35.1 Å². The van der Waals surface area contributed by atoms with E-state index in [-0.39, 0.29) is 18.1 Å². The maximum absolute atomic E-state index is 13.5. The van der Waals surface area contributed by atoms with E-state index in [9.17, 15) is 9.18 Å². The third-order valence-electron chi connectivity index (χ3n) is 4.48. The molecule has 0 saturated carbocycles. The number of hydrogen-bond donors (Lipinski definition) is 1. The van der Waals surface area contributed by atoms with Crippen LogP contribution in [0.25, 0.3) is 15.3 Å². The number of anilines is 1. The van der Waals surface area contributed by atoms with Crippen molar-refractivity contribution in [2.24, 2.45) is 0 Å². The molecular formula is C21H19FN4OS. The van der Waals surface area contributed by atoms with Gasteiger partial charge >= 0.3 is 0 Å². The number of thiazole rings is 1. The molecule has 28 heavy (non-hydrogen) atoms. The minimum Gasteiger partial charge on any atom is -0.310 e. The van der Waals surface area contributed by atoms with Crippen LogP contribution < -0.4 is 5.32 Å². The maximum Gasteiger partial charge on any atom is 0.229 e. The monoisotopic (exact) mass is 394 g/mol. The number of carbonyl (C=O) groups is 1. The summed E-state index contributed by atoms with van der Waals surface area (Å²) >= 11 is 1.33. The summed E-state index contributed by atoms with van der Waals surface area (Å²) in [5.74, 6) is 0.121. The first kappa shape index (κ1) is 18.3. The molecule has 0 bridgehead atoms. The van der Waals surface area contributed by atoms with Crippen molar-refractivity contribution in [1.29, 1.82) is 0 Å². The highest BCUT2D eigenvalue weighted by molar-refractivity contribution is 7.20. The lowest BCUT2D eigenvalue weighted by atomic mass is 10.0. The topological polar surface area (TPSA) is 59.8 Å². The van der Waals surface area contributed by atoms with Crippen LogP contribution in [0.15, 0.2) is 42.5 Å². The van der Waals surface area contributed by atoms with E-state index in [2.05, 4.69) is 15.4 Å². The molecule has 5 nitrogen and oxygen atoms in total. The minimum atomic E-state index is -0.304. The highest BCUT2D eigenvalue weighted by Crippen LogP contribution is 2.28. The SMILES string of the molecule is Cc1ccc(C)c(CC(=O)Nc2cc(C)nn2-c2nc3ccc(F)cc3s2)c1. The number of amides is 1. The summed E-state index contributed by atoms with van der Waals surface area (Å²) in [6.45, 7) is 5.86. The molecule has 0 unspecified atom stereocenters. The number of halogens is 1. The lowest BCUT2D eigenvalue weighted by Gasteiger charge is -2.09. The molecule has 1 amide bonds. The summed E-state index contributed by atoms with van der Waals surface area (Å²) < 4.78 is 15.8. The van der Waals surface area contributed by atoms with Gasteiger partial charge in [0.1, 0.15) is 11.6 Å². The van der Waals surface area contributed by atoms with Crippen LogP contribution in [0.5, 0.6) is 0 Å². The highest BCUT2D eigenvalue weighted by Gasteiger charge is 2.15. The molecule has 2 heterocycles. The fraction of sp³-hybridized carbons (Fsp3) is 0.190. The summed E-state index contributed by atoms with van der Waals surface area (Å²) in [5, 5.41) is 7.96. The average molecular weight is 394 g/mol. The third-order valence-corrected chi connectivity index (χ3v) is 5.47. The van der Waals surface area contributed by atoms with Crippen molar-refractivity contribution in [2.45, 2.75) is 27.2 Å². The number of benzene rings is 2. The first-order valence-electron chi connectivity index (χ1n) is 8.88. The van der Waals surface area contributed by atoms with Crippen LogP contribution in [0.1, 0.15) is 22.4 Å². The van der Waals surface area contributed by atoms with Crippen LogP contribution in [-0.2, 0) is 11.2 Å². The Morgan fingerprint density at radius 2 is 1.96 bits per heavy atom. The number of hydrogen-bond acceptors (Lipinski definition) is 4. The number of nitrogens with one attached hydrogen (secondary N) is 1. The fourth-order valence-electron chi connectivity index (χ4n) is 3.06. The largest absolute Gasteiger partial charge is 0.310 e. The Kier molecular flexibility index (Phi) is 4.68. The molecule has 0 atom stereocenters. The van der Waals surface area contributed by atoms with Gasteiger partial charge in [-0.25, -0.2) is 9.37 Å². The van der Waals surface area contributed by atoms with Crippen LogP contribution in [0.2, 0.25) is 0 Å². The summed E-state index contributed by atoms with van der Waals surface area (Å²) in [5.41, 5.74) is 4.65. The molecule has 0 spiro atoms. The minimum absolute atomic E-state index is 0.123. The van der Waals surface area contributed by atoms with Crippen molar-refractivity contribution in [3.05, 3.63) is 70.7 Å². The zero-order chi connectivity index (χ0) is 19.8. The predicted octanol–water partition coefficient (Wildman–Crippen LogP) is 4.73. The number of nitrogens with zero attached hydrogens (tertiary/aromatic N) is 3. The first-order chi connectivity index (χ1) is 13.4. The lowest BCUT2D eigenvalue weighted by molar-refractivity contribution is -0.115. The molecule has 0 radical (unpaired) electrons. The number of rotatable bonds is 4. The average Bonchev–Trinajstić information content (AvgIpc) is 3.20. The zero-order valence-corrected chi connectivity index (χ0v) is 16.6. The van der Waals surface area contributed by atoms with Crippen LogP contribution in [0.4, 0.5) is 10.2 Å². The van der Waals surface area contributed by atoms with Crippen LogP contribution >= 0.6 is 11.3 Å². The Morgan fingerprint density at radius 1 is 1.14 bits per heavy atom. The smallest absolute Gasteiger partial charge is 0.229 e. The van der Waals surface area contributed by atoms with Crippen molar-refractivity contribution in [1.82, 2.24) is 14.8 Å². The van der Waals surface area contributed by atoms with E-state index in [4.69, 9.17) is 0 Å². The van der Waals surface area contributed by atoms with Crippen molar-refractivity contribution in [3.8, 4) is 5.13 Å². The molecule has 0 aliphatic rings. The molecular weight excluding hydrogens is 375 g/mol. The first-order valence-corrected chi connectivity index (χ1v) is 9.70. The van der Waals surface area contributed by atoms with Gasteiger partial charge in [-0.2, -0.15) is 9.78 Å². The van der Waals surface area contributed by atoms with Crippen LogP contribution in [-0.4, -0.2) is 20.7 Å². The number of carbonyl (C=O) groups excluding carboxylic acids is 1. The Morgan fingerprint density at radius 3 is 2.79 bits per heavy atom. The Bertz CT molecular complexity index is 1190. The molecule has 0 aliphatic heterocycles. The van der Waals surface area contributed by atoms with Gasteiger partial charge in [0.05, 0.1) is 22.3 Å². The van der Waals surface area contributed by atoms with Gasteiger partial charge in [0.15, 0.2) is 0 Å². The maximum atomic E-state index is 13.5. The van der Waals surface area contributed by atoms with Gasteiger partial charge in [0, 0.05) is 6.07 Å². The van der Waals surface area contributed by atoms with Gasteiger partial charge < -0.3 is 5.32 Å². The second kappa shape index (κ2) is 7.16. The van der Waals surface area contributed by atoms with Crippen molar-refractivity contribution in [3.63, 3.8) is 0 Å². The zero-order valence-electron chi connectivity index (χ0n) is 15.8. The van der Waals surface area contributed by atoms with E-state index in [1.165, 1.54) is 23.5 Å². The molecule has 1 N–H and O–H groups in total. The van der Waals surface area contributed by atoms with Gasteiger partial charge in [-0.05, 0) is 50.1 Å². The molecule has 142 valence electrons. The Labute approximate surface area is 165 Å². The molecule has 0 fully saturated rings. The van der Waals surface area contributed by atoms with Crippen molar-refractivity contribution < 1.29 is 9.18 Å². The number of fused-ring (bicyclic) bond motifs is 1. The molecule has 0 saturated heterocycles. The van der Waals surface area contributed by atoms with E-state index in [0.717, 1.165) is 27.1 Å². The van der Waals surface area contributed by atoms with E-state index in [0.29, 0.717) is 16.5 Å². The van der Waals surface area contributed by atoms with Gasteiger partial charge in [-0.3, -0.25) is 4.79 Å². The normalized spacial score (nSPS) is 11.1. The Hall–Kier alpha value is -3.06. The standard InChI is InChI=1S/C21H19FN4OS/c1-12-4-5-13(2)15(8-12)10-20(27)24-19-9-14(3)25-26(19)21-23-17-7-6-16(22)11-18(17)28-21/h4-9,11H,10H2,1-3H3,(H,24,27). The summed E-state index contributed by atoms with van der Waals surface area (Å²) in [6.07, 6.45) is 0.281. The van der Waals surface area contributed by atoms with Crippen LogP contribution in [0.3, 0.4) is 0 Å². The quantitative estimate of drug-likeness (QED) is 0.544. The molecule has 2 aromatic carbocycles. The summed E-state index contributed by atoms with van der Waals surface area (Å²) in [7, 11) is 0. The molecule has 7 heteroatoms. The molecule has 4 rings (SSSR count). The van der Waals surface area contributed by atoms with E-state index in [1.54, 1.807) is 16.8 Å². The van der Waals surface area contributed by atoms with E-state index in [1.807, 2.05) is 39.0 Å². The van der Waals surface area contributed by atoms with Crippen molar-refractivity contribution >= 4 is 33.3 Å². The lowest BCUT2D eigenvalue weighted by Crippen LogP contribution is -2.17. The second-order valence-electron chi connectivity index (χ2n) is 6.85. The second-order valence-corrected chi connectivity index (χ2v) is 7.86. The Balaban J connectivity index is 1.62. The number of aryl methyl sites for hydroxylation is 3. The van der Waals surface area contributed by atoms with E-state index >= 15 is 0 Å². The van der Waals surface area contributed by atoms with Crippen molar-refractivity contribution in [2.75, 3.05) is 5.32 Å². The van der Waals surface area contributed by atoms with Gasteiger partial charge in [-0.15, -0.1) is 0 Å². The van der Waals surface area contributed by atoms with Gasteiger partial charge in [0.2, 0.25) is 11.0 Å². The fourth-order valence-corrected chi connectivity index (χ4v) is 4.02. The summed E-state index contributed by atoms with van der Waals surface area (Å²) in [6, 6.07) is 12.4. The predicted molar refractivity (Wildman–Crippen MR) is 110 cm³/mol. The summed E-state index contributed by atoms with van der Waals surface area (Å²) in [4.78, 5) is 17.2. The van der Waals surface area contributed by atoms with Gasteiger partial charge in [0.25, 0.3) is 0 Å². The molecule has 2 aromatic heterocycles.